The van der Waals surface area contributed by atoms with Crippen LogP contribution in [0.25, 0.3) is 0 Å². The van der Waals surface area contributed by atoms with E-state index >= 15 is 0 Å². The maximum Gasteiger partial charge on any atom is 0.251 e. The topological polar surface area (TPSA) is 68.0 Å². The molecule has 2 rings (SSSR count). The van der Waals surface area contributed by atoms with Gasteiger partial charge in [-0.25, -0.2) is 4.98 Å². The van der Waals surface area contributed by atoms with Gasteiger partial charge in [-0.2, -0.15) is 0 Å². The van der Waals surface area contributed by atoms with Crippen molar-refractivity contribution >= 4 is 17.5 Å². The molecule has 0 atom stereocenters. The number of carbonyl (C=O) groups is 1. The molecule has 6 heteroatoms. The molecule has 0 radical (unpaired) electrons. The lowest BCUT2D eigenvalue weighted by Crippen LogP contribution is -2.22. The standard InChI is InChI=1S/C11H10ClN3O2/c1-7-4-9(17-15-7)6-14-11(16)8-2-3-13-10(12)5-8/h2-5H,6H2,1H3,(H,14,16). The molecule has 88 valence electrons. The molecule has 0 aromatic carbocycles. The number of nitrogens with one attached hydrogen (secondary N) is 1. The van der Waals surface area contributed by atoms with E-state index in [4.69, 9.17) is 16.1 Å². The van der Waals surface area contributed by atoms with Gasteiger partial charge < -0.3 is 9.84 Å². The number of rotatable bonds is 3. The lowest BCUT2D eigenvalue weighted by molar-refractivity contribution is 0.0947. The Morgan fingerprint density at radius 1 is 1.53 bits per heavy atom. The zero-order chi connectivity index (χ0) is 12.3. The molecule has 0 aliphatic rings. The van der Waals surface area contributed by atoms with Crippen LogP contribution in [0.4, 0.5) is 0 Å². The molecule has 2 aromatic heterocycles. The van der Waals surface area contributed by atoms with Crippen molar-refractivity contribution in [1.82, 2.24) is 15.5 Å². The zero-order valence-electron chi connectivity index (χ0n) is 9.11. The summed E-state index contributed by atoms with van der Waals surface area (Å²) in [6, 6.07) is 4.86. The maximum atomic E-state index is 11.7. The van der Waals surface area contributed by atoms with E-state index in [-0.39, 0.29) is 11.1 Å². The average molecular weight is 252 g/mol. The van der Waals surface area contributed by atoms with Crippen LogP contribution >= 0.6 is 11.6 Å². The number of hydrogen-bond acceptors (Lipinski definition) is 4. The first-order chi connectivity index (χ1) is 8.15. The van der Waals surface area contributed by atoms with Crippen LogP contribution in [0.15, 0.2) is 28.9 Å². The molecule has 0 saturated heterocycles. The molecule has 0 bridgehead atoms. The summed E-state index contributed by atoms with van der Waals surface area (Å²) >= 11 is 5.69. The van der Waals surface area contributed by atoms with Gasteiger partial charge in [0.15, 0.2) is 5.76 Å². The lowest BCUT2D eigenvalue weighted by Gasteiger charge is -2.02. The van der Waals surface area contributed by atoms with Crippen molar-refractivity contribution in [1.29, 1.82) is 0 Å². The van der Waals surface area contributed by atoms with Crippen LogP contribution in [0, 0.1) is 6.92 Å². The average Bonchev–Trinajstić information content (AvgIpc) is 2.72. The van der Waals surface area contributed by atoms with Gasteiger partial charge in [-0.1, -0.05) is 16.8 Å². The highest BCUT2D eigenvalue weighted by Gasteiger charge is 2.07. The largest absolute Gasteiger partial charge is 0.359 e. The number of carbonyl (C=O) groups excluding carboxylic acids is 1. The minimum Gasteiger partial charge on any atom is -0.359 e. The van der Waals surface area contributed by atoms with Crippen LogP contribution in [-0.2, 0) is 6.54 Å². The molecular weight excluding hydrogens is 242 g/mol. The number of hydrogen-bond donors (Lipinski definition) is 1. The second-order valence-electron chi connectivity index (χ2n) is 3.48. The van der Waals surface area contributed by atoms with E-state index in [1.54, 1.807) is 12.1 Å². The third kappa shape index (κ3) is 3.04. The summed E-state index contributed by atoms with van der Waals surface area (Å²) in [6.07, 6.45) is 1.48. The van der Waals surface area contributed by atoms with Crippen LogP contribution in [-0.4, -0.2) is 16.0 Å². The zero-order valence-corrected chi connectivity index (χ0v) is 9.86. The van der Waals surface area contributed by atoms with Gasteiger partial charge in [-0.05, 0) is 19.1 Å². The number of amides is 1. The van der Waals surface area contributed by atoms with E-state index in [0.29, 0.717) is 17.9 Å². The fraction of sp³-hybridized carbons (Fsp3) is 0.182. The smallest absolute Gasteiger partial charge is 0.251 e. The van der Waals surface area contributed by atoms with Gasteiger partial charge in [0.25, 0.3) is 5.91 Å². The predicted octanol–water partition coefficient (Wildman–Crippen LogP) is 1.96. The highest BCUT2D eigenvalue weighted by atomic mass is 35.5. The summed E-state index contributed by atoms with van der Waals surface area (Å²) in [7, 11) is 0. The number of pyridine rings is 1. The Hall–Kier alpha value is -1.88. The van der Waals surface area contributed by atoms with E-state index in [1.807, 2.05) is 6.92 Å². The van der Waals surface area contributed by atoms with Gasteiger partial charge >= 0.3 is 0 Å². The van der Waals surface area contributed by atoms with Crippen molar-refractivity contribution in [3.05, 3.63) is 46.6 Å². The molecule has 1 amide bonds. The van der Waals surface area contributed by atoms with Crippen LogP contribution in [0.5, 0.6) is 0 Å². The van der Waals surface area contributed by atoms with E-state index in [0.717, 1.165) is 5.69 Å². The van der Waals surface area contributed by atoms with Crippen LogP contribution < -0.4 is 5.32 Å². The minimum atomic E-state index is -0.233. The van der Waals surface area contributed by atoms with Crippen molar-refractivity contribution in [2.24, 2.45) is 0 Å². The number of aryl methyl sites for hydroxylation is 1. The second kappa shape index (κ2) is 4.97. The summed E-state index contributed by atoms with van der Waals surface area (Å²) < 4.78 is 4.97. The number of aromatic nitrogens is 2. The monoisotopic (exact) mass is 251 g/mol. The molecule has 0 fully saturated rings. The van der Waals surface area contributed by atoms with E-state index in [2.05, 4.69) is 15.5 Å². The Bertz CT molecular complexity index is 539. The molecule has 0 unspecified atom stereocenters. The first-order valence-electron chi connectivity index (χ1n) is 4.97. The van der Waals surface area contributed by atoms with Crippen molar-refractivity contribution in [3.63, 3.8) is 0 Å². The normalized spacial score (nSPS) is 10.2. The first-order valence-corrected chi connectivity index (χ1v) is 5.35. The number of halogens is 1. The molecule has 0 saturated carbocycles. The Kier molecular flexibility index (Phi) is 3.39. The molecule has 1 N–H and O–H groups in total. The van der Waals surface area contributed by atoms with Gasteiger partial charge in [0.1, 0.15) is 5.15 Å². The molecule has 0 aliphatic heterocycles. The van der Waals surface area contributed by atoms with Crippen molar-refractivity contribution in [3.8, 4) is 0 Å². The SMILES string of the molecule is Cc1cc(CNC(=O)c2ccnc(Cl)c2)on1. The predicted molar refractivity (Wildman–Crippen MR) is 61.7 cm³/mol. The molecule has 5 nitrogen and oxygen atoms in total. The van der Waals surface area contributed by atoms with Crippen LogP contribution in [0.3, 0.4) is 0 Å². The quantitative estimate of drug-likeness (QED) is 0.847. The lowest BCUT2D eigenvalue weighted by atomic mass is 10.2. The minimum absolute atomic E-state index is 0.233. The van der Waals surface area contributed by atoms with Crippen molar-refractivity contribution in [2.75, 3.05) is 0 Å². The Balaban J connectivity index is 1.98. The number of nitrogens with zero attached hydrogens (tertiary/aromatic N) is 2. The fourth-order valence-electron chi connectivity index (χ4n) is 1.31. The van der Waals surface area contributed by atoms with Gasteiger partial charge in [0.05, 0.1) is 12.2 Å². The summed E-state index contributed by atoms with van der Waals surface area (Å²) in [4.78, 5) is 15.5. The molecule has 2 aromatic rings. The van der Waals surface area contributed by atoms with Crippen LogP contribution in [0.1, 0.15) is 21.8 Å². The summed E-state index contributed by atoms with van der Waals surface area (Å²) in [5.74, 6) is 0.374. The third-order valence-electron chi connectivity index (χ3n) is 2.09. The molecule has 2 heterocycles. The molecule has 0 spiro atoms. The Morgan fingerprint density at radius 2 is 2.35 bits per heavy atom. The molecular formula is C11H10ClN3O2. The van der Waals surface area contributed by atoms with Gasteiger partial charge in [-0.3, -0.25) is 4.79 Å². The van der Waals surface area contributed by atoms with Crippen molar-refractivity contribution in [2.45, 2.75) is 13.5 Å². The van der Waals surface area contributed by atoms with Gasteiger partial charge in [0.2, 0.25) is 0 Å². The van der Waals surface area contributed by atoms with Gasteiger partial charge in [-0.15, -0.1) is 0 Å². The summed E-state index contributed by atoms with van der Waals surface area (Å²) in [6.45, 7) is 2.11. The van der Waals surface area contributed by atoms with E-state index in [1.165, 1.54) is 12.3 Å². The first kappa shape index (κ1) is 11.6. The van der Waals surface area contributed by atoms with Crippen LogP contribution in [0.2, 0.25) is 5.15 Å². The Labute approximate surface area is 103 Å². The fourth-order valence-corrected chi connectivity index (χ4v) is 1.49. The van der Waals surface area contributed by atoms with Gasteiger partial charge in [0, 0.05) is 17.8 Å². The summed E-state index contributed by atoms with van der Waals surface area (Å²) in [5, 5.41) is 6.71. The highest BCUT2D eigenvalue weighted by Crippen LogP contribution is 2.07. The molecule has 0 aliphatic carbocycles. The van der Waals surface area contributed by atoms with Crippen molar-refractivity contribution < 1.29 is 9.32 Å². The maximum absolute atomic E-state index is 11.7. The van der Waals surface area contributed by atoms with E-state index in [9.17, 15) is 4.79 Å². The Morgan fingerprint density at radius 3 is 3.00 bits per heavy atom. The third-order valence-corrected chi connectivity index (χ3v) is 2.30. The summed E-state index contributed by atoms with van der Waals surface area (Å²) in [5.41, 5.74) is 1.24. The second-order valence-corrected chi connectivity index (χ2v) is 3.87. The highest BCUT2D eigenvalue weighted by molar-refractivity contribution is 6.29. The van der Waals surface area contributed by atoms with E-state index < -0.39 is 0 Å². The molecule has 17 heavy (non-hydrogen) atoms.